The van der Waals surface area contributed by atoms with Crippen molar-refractivity contribution in [2.45, 2.75) is 6.54 Å². The second-order valence-electron chi connectivity index (χ2n) is 5.55. The third-order valence-corrected chi connectivity index (χ3v) is 4.12. The molecule has 5 nitrogen and oxygen atoms in total. The van der Waals surface area contributed by atoms with E-state index in [-0.39, 0.29) is 0 Å². The Kier molecular flexibility index (Phi) is 3.54. The molecule has 0 saturated heterocycles. The minimum absolute atomic E-state index is 0.621. The molecule has 0 bridgehead atoms. The first-order valence-corrected chi connectivity index (χ1v) is 7.71. The molecule has 0 aliphatic carbocycles. The van der Waals surface area contributed by atoms with Crippen LogP contribution >= 0.6 is 0 Å². The Bertz CT molecular complexity index is 1010. The van der Waals surface area contributed by atoms with Gasteiger partial charge in [0.1, 0.15) is 11.3 Å². The average Bonchev–Trinajstić information content (AvgIpc) is 3.00. The Morgan fingerprint density at radius 2 is 1.71 bits per heavy atom. The van der Waals surface area contributed by atoms with Crippen LogP contribution in [-0.2, 0) is 6.54 Å². The third-order valence-electron chi connectivity index (χ3n) is 4.12. The molecule has 0 atom stereocenters. The monoisotopic (exact) mass is 319 g/mol. The molecule has 2 aromatic heterocycles. The molecule has 0 aliphatic heterocycles. The van der Waals surface area contributed by atoms with Crippen LogP contribution in [0.4, 0.5) is 0 Å². The van der Waals surface area contributed by atoms with Gasteiger partial charge in [0, 0.05) is 5.39 Å². The van der Waals surface area contributed by atoms with Crippen molar-refractivity contribution in [2.75, 3.05) is 14.2 Å². The van der Waals surface area contributed by atoms with Gasteiger partial charge in [-0.05, 0) is 23.8 Å². The van der Waals surface area contributed by atoms with Crippen molar-refractivity contribution in [1.82, 2.24) is 14.8 Å². The quantitative estimate of drug-likeness (QED) is 0.576. The first-order valence-electron chi connectivity index (χ1n) is 7.71. The number of fused-ring (bicyclic) bond motifs is 3. The van der Waals surface area contributed by atoms with Crippen molar-refractivity contribution in [2.24, 2.45) is 0 Å². The van der Waals surface area contributed by atoms with Crippen LogP contribution in [0.5, 0.6) is 11.6 Å². The molecule has 4 aromatic rings. The highest BCUT2D eigenvalue weighted by Crippen LogP contribution is 2.32. The summed E-state index contributed by atoms with van der Waals surface area (Å²) in [5, 5.41) is 6.72. The minimum Gasteiger partial charge on any atom is -0.497 e. The number of rotatable bonds is 4. The molecule has 24 heavy (non-hydrogen) atoms. The Hall–Kier alpha value is -3.08. The molecule has 2 aromatic carbocycles. The summed E-state index contributed by atoms with van der Waals surface area (Å²) in [6.45, 7) is 0.621. The zero-order valence-corrected chi connectivity index (χ0v) is 13.6. The smallest absolute Gasteiger partial charge is 0.220 e. The molecule has 0 fully saturated rings. The molecule has 0 spiro atoms. The molecule has 4 rings (SSSR count). The van der Waals surface area contributed by atoms with E-state index in [0.717, 1.165) is 39.0 Å². The van der Waals surface area contributed by atoms with Crippen LogP contribution in [0.1, 0.15) is 5.56 Å². The zero-order chi connectivity index (χ0) is 16.5. The fraction of sp³-hybridized carbons (Fsp3) is 0.158. The molecule has 5 heteroatoms. The molecule has 0 radical (unpaired) electrons. The fourth-order valence-corrected chi connectivity index (χ4v) is 2.95. The van der Waals surface area contributed by atoms with E-state index in [2.05, 4.69) is 10.1 Å². The highest BCUT2D eigenvalue weighted by Gasteiger charge is 2.15. The van der Waals surface area contributed by atoms with E-state index < -0.39 is 0 Å². The van der Waals surface area contributed by atoms with Gasteiger partial charge in [0.15, 0.2) is 0 Å². The fourth-order valence-electron chi connectivity index (χ4n) is 2.95. The van der Waals surface area contributed by atoms with Crippen LogP contribution in [0.15, 0.2) is 54.7 Å². The van der Waals surface area contributed by atoms with Gasteiger partial charge in [-0.15, -0.1) is 0 Å². The van der Waals surface area contributed by atoms with E-state index in [1.165, 1.54) is 0 Å². The average molecular weight is 319 g/mol. The summed E-state index contributed by atoms with van der Waals surface area (Å²) in [6, 6.07) is 16.0. The molecule has 120 valence electrons. The minimum atomic E-state index is 0.621. The van der Waals surface area contributed by atoms with Crippen LogP contribution in [0.25, 0.3) is 21.8 Å². The van der Waals surface area contributed by atoms with Crippen molar-refractivity contribution in [3.05, 3.63) is 60.3 Å². The third kappa shape index (κ3) is 2.34. The highest BCUT2D eigenvalue weighted by atomic mass is 16.5. The first-order chi connectivity index (χ1) is 11.8. The first kappa shape index (κ1) is 14.5. The van der Waals surface area contributed by atoms with E-state index in [4.69, 9.17) is 9.47 Å². The summed E-state index contributed by atoms with van der Waals surface area (Å²) in [4.78, 5) is 4.48. The number of ether oxygens (including phenoxy) is 2. The SMILES string of the molecule is COc1ccc(Cn2nc3cnc4ccccc4c3c2OC)cc1. The van der Waals surface area contributed by atoms with Crippen LogP contribution in [0, 0.1) is 0 Å². The number of pyridine rings is 1. The number of nitrogens with zero attached hydrogens (tertiary/aromatic N) is 3. The van der Waals surface area contributed by atoms with Gasteiger partial charge in [0.05, 0.1) is 37.9 Å². The lowest BCUT2D eigenvalue weighted by molar-refractivity contribution is 0.371. The van der Waals surface area contributed by atoms with Gasteiger partial charge in [-0.25, -0.2) is 4.68 Å². The maximum absolute atomic E-state index is 5.67. The van der Waals surface area contributed by atoms with Crippen LogP contribution in [0.3, 0.4) is 0 Å². The van der Waals surface area contributed by atoms with Gasteiger partial charge in [-0.1, -0.05) is 30.3 Å². The van der Waals surface area contributed by atoms with Gasteiger partial charge in [0.25, 0.3) is 0 Å². The second-order valence-corrected chi connectivity index (χ2v) is 5.55. The maximum atomic E-state index is 5.67. The lowest BCUT2D eigenvalue weighted by atomic mass is 10.1. The molecule has 0 N–H and O–H groups in total. The number of aromatic nitrogens is 3. The van der Waals surface area contributed by atoms with Crippen molar-refractivity contribution in [3.63, 3.8) is 0 Å². The number of benzene rings is 2. The van der Waals surface area contributed by atoms with Crippen molar-refractivity contribution in [3.8, 4) is 11.6 Å². The standard InChI is InChI=1S/C19H17N3O2/c1-23-14-9-7-13(8-10-14)12-22-19(24-2)18-15-5-3-4-6-16(15)20-11-17(18)21-22/h3-11H,12H2,1-2H3. The van der Waals surface area contributed by atoms with Gasteiger partial charge in [-0.3, -0.25) is 4.98 Å². The number of hydrogen-bond acceptors (Lipinski definition) is 4. The van der Waals surface area contributed by atoms with Gasteiger partial charge >= 0.3 is 0 Å². The maximum Gasteiger partial charge on any atom is 0.220 e. The summed E-state index contributed by atoms with van der Waals surface area (Å²) < 4.78 is 12.8. The van der Waals surface area contributed by atoms with Gasteiger partial charge in [0.2, 0.25) is 5.88 Å². The number of para-hydroxylation sites is 1. The Morgan fingerprint density at radius 3 is 2.46 bits per heavy atom. The topological polar surface area (TPSA) is 49.2 Å². The predicted octanol–water partition coefficient (Wildman–Crippen LogP) is 3.65. The van der Waals surface area contributed by atoms with Crippen LogP contribution < -0.4 is 9.47 Å². The molecular formula is C19H17N3O2. The highest BCUT2D eigenvalue weighted by molar-refractivity contribution is 6.07. The summed E-state index contributed by atoms with van der Waals surface area (Å²) in [6.07, 6.45) is 1.80. The largest absolute Gasteiger partial charge is 0.497 e. The van der Waals surface area contributed by atoms with E-state index in [1.807, 2.05) is 53.2 Å². The molecular weight excluding hydrogens is 302 g/mol. The number of methoxy groups -OCH3 is 2. The lowest BCUT2D eigenvalue weighted by Gasteiger charge is -2.08. The molecule has 0 amide bonds. The molecule has 0 saturated carbocycles. The van der Waals surface area contributed by atoms with Crippen LogP contribution in [0.2, 0.25) is 0 Å². The van der Waals surface area contributed by atoms with Gasteiger partial charge < -0.3 is 9.47 Å². The Labute approximate surface area is 139 Å². The van der Waals surface area contributed by atoms with Crippen molar-refractivity contribution in [1.29, 1.82) is 0 Å². The normalized spacial score (nSPS) is 11.1. The molecule has 0 aliphatic rings. The Morgan fingerprint density at radius 1 is 0.917 bits per heavy atom. The van der Waals surface area contributed by atoms with E-state index >= 15 is 0 Å². The second kappa shape index (κ2) is 5.85. The Balaban J connectivity index is 1.84. The van der Waals surface area contributed by atoms with E-state index in [9.17, 15) is 0 Å². The van der Waals surface area contributed by atoms with E-state index in [1.54, 1.807) is 20.4 Å². The molecule has 0 unspecified atom stereocenters. The summed E-state index contributed by atoms with van der Waals surface area (Å²) in [7, 11) is 3.34. The lowest BCUT2D eigenvalue weighted by Crippen LogP contribution is -2.04. The zero-order valence-electron chi connectivity index (χ0n) is 13.6. The van der Waals surface area contributed by atoms with Gasteiger partial charge in [-0.2, -0.15) is 5.10 Å². The summed E-state index contributed by atoms with van der Waals surface area (Å²) >= 11 is 0. The number of hydrogen-bond donors (Lipinski definition) is 0. The summed E-state index contributed by atoms with van der Waals surface area (Å²) in [5.41, 5.74) is 2.89. The van der Waals surface area contributed by atoms with Crippen LogP contribution in [-0.4, -0.2) is 29.0 Å². The van der Waals surface area contributed by atoms with Crippen molar-refractivity contribution < 1.29 is 9.47 Å². The van der Waals surface area contributed by atoms with E-state index in [0.29, 0.717) is 6.54 Å². The summed E-state index contributed by atoms with van der Waals surface area (Å²) in [5.74, 6) is 1.59. The van der Waals surface area contributed by atoms with Crippen molar-refractivity contribution >= 4 is 21.8 Å². The molecule has 2 heterocycles. The predicted molar refractivity (Wildman–Crippen MR) is 93.7 cm³/mol.